The van der Waals surface area contributed by atoms with Crippen LogP contribution in [0.1, 0.15) is 17.0 Å². The Hall–Kier alpha value is -3.29. The Labute approximate surface area is 159 Å². The van der Waals surface area contributed by atoms with Gasteiger partial charge >= 0.3 is 6.18 Å². The van der Waals surface area contributed by atoms with Crippen molar-refractivity contribution in [3.8, 4) is 17.2 Å². The molecule has 8 heteroatoms. The molecule has 0 spiro atoms. The molecule has 1 heterocycles. The van der Waals surface area contributed by atoms with Crippen molar-refractivity contribution in [3.05, 3.63) is 65.5 Å². The van der Waals surface area contributed by atoms with Gasteiger partial charge in [0.1, 0.15) is 11.5 Å². The van der Waals surface area contributed by atoms with E-state index in [9.17, 15) is 18.0 Å². The lowest BCUT2D eigenvalue weighted by atomic mass is 10.2. The molecule has 5 nitrogen and oxygen atoms in total. The first kappa shape index (κ1) is 19.5. The van der Waals surface area contributed by atoms with Gasteiger partial charge in [-0.15, -0.1) is 0 Å². The smallest absolute Gasteiger partial charge is 0.416 e. The molecule has 0 unspecified atom stereocenters. The van der Waals surface area contributed by atoms with E-state index in [-0.39, 0.29) is 12.1 Å². The maximum absolute atomic E-state index is 12.8. The average molecular weight is 390 g/mol. The number of rotatable bonds is 5. The molecule has 28 heavy (non-hydrogen) atoms. The summed E-state index contributed by atoms with van der Waals surface area (Å²) in [6, 6.07) is 11.6. The van der Waals surface area contributed by atoms with Crippen molar-refractivity contribution in [1.29, 1.82) is 0 Å². The van der Waals surface area contributed by atoms with Crippen molar-refractivity contribution in [2.75, 3.05) is 12.4 Å². The number of aryl methyl sites for hydroxylation is 1. The number of hydrogen-bond donors (Lipinski definition) is 1. The number of methoxy groups -OCH3 is 1. The summed E-state index contributed by atoms with van der Waals surface area (Å²) >= 11 is 0. The van der Waals surface area contributed by atoms with Gasteiger partial charge in [0.25, 0.3) is 0 Å². The minimum atomic E-state index is -4.48. The molecular weight excluding hydrogens is 373 g/mol. The first-order valence-corrected chi connectivity index (χ1v) is 8.34. The van der Waals surface area contributed by atoms with Crippen LogP contribution in [-0.4, -0.2) is 18.0 Å². The van der Waals surface area contributed by atoms with Crippen LogP contribution in [0.3, 0.4) is 0 Å². The van der Waals surface area contributed by atoms with Crippen molar-refractivity contribution in [3.63, 3.8) is 0 Å². The van der Waals surface area contributed by atoms with Crippen LogP contribution < -0.4 is 10.1 Å². The summed E-state index contributed by atoms with van der Waals surface area (Å²) in [4.78, 5) is 16.6. The number of nitrogens with zero attached hydrogens (tertiary/aromatic N) is 1. The number of benzene rings is 2. The highest BCUT2D eigenvalue weighted by Gasteiger charge is 2.30. The van der Waals surface area contributed by atoms with E-state index >= 15 is 0 Å². The molecule has 0 fully saturated rings. The molecule has 0 bridgehead atoms. The van der Waals surface area contributed by atoms with Gasteiger partial charge in [-0.3, -0.25) is 4.79 Å². The van der Waals surface area contributed by atoms with Gasteiger partial charge < -0.3 is 14.5 Å². The summed E-state index contributed by atoms with van der Waals surface area (Å²) in [6.07, 6.45) is -4.62. The summed E-state index contributed by atoms with van der Waals surface area (Å²) in [7, 11) is 1.53. The second-order valence-corrected chi connectivity index (χ2v) is 6.03. The van der Waals surface area contributed by atoms with E-state index < -0.39 is 17.6 Å². The van der Waals surface area contributed by atoms with Gasteiger partial charge in [-0.05, 0) is 37.3 Å². The predicted octanol–water partition coefficient (Wildman–Crippen LogP) is 4.86. The summed E-state index contributed by atoms with van der Waals surface area (Å²) < 4.78 is 49.3. The molecule has 1 N–H and O–H groups in total. The molecule has 3 rings (SSSR count). The fourth-order valence-corrected chi connectivity index (χ4v) is 2.66. The molecule has 1 amide bonds. The maximum atomic E-state index is 12.8. The first-order chi connectivity index (χ1) is 13.3. The number of aromatic nitrogens is 1. The summed E-state index contributed by atoms with van der Waals surface area (Å²) in [5, 5.41) is 2.46. The fraction of sp³-hybridized carbons (Fsp3) is 0.200. The quantitative estimate of drug-likeness (QED) is 0.676. The van der Waals surface area contributed by atoms with Gasteiger partial charge in [0.15, 0.2) is 0 Å². The standard InChI is InChI=1S/C20H17F3N2O3/c1-12-16(25-19(28-12)15-8-3-4-9-17(15)27-2)11-18(26)24-14-7-5-6-13(10-14)20(21,22)23/h3-10H,11H2,1-2H3,(H,24,26). The summed E-state index contributed by atoms with van der Waals surface area (Å²) in [6.45, 7) is 1.67. The molecular formula is C20H17F3N2O3. The Morgan fingerprint density at radius 3 is 2.64 bits per heavy atom. The Balaban J connectivity index is 1.76. The number of oxazole rings is 1. The van der Waals surface area contributed by atoms with Crippen LogP contribution in [0, 0.1) is 6.92 Å². The number of halogens is 3. The second-order valence-electron chi connectivity index (χ2n) is 6.03. The zero-order valence-corrected chi connectivity index (χ0v) is 15.1. The highest BCUT2D eigenvalue weighted by Crippen LogP contribution is 2.31. The molecule has 0 aliphatic carbocycles. The topological polar surface area (TPSA) is 64.4 Å². The minimum Gasteiger partial charge on any atom is -0.496 e. The number of ether oxygens (including phenoxy) is 1. The average Bonchev–Trinajstić information content (AvgIpc) is 3.01. The van der Waals surface area contributed by atoms with E-state index in [1.165, 1.54) is 19.2 Å². The third kappa shape index (κ3) is 4.33. The Morgan fingerprint density at radius 1 is 1.18 bits per heavy atom. The molecule has 1 aromatic heterocycles. The molecule has 0 atom stereocenters. The predicted molar refractivity (Wildman–Crippen MR) is 97.0 cm³/mol. The minimum absolute atomic E-state index is 0.0610. The number of hydrogen-bond acceptors (Lipinski definition) is 4. The van der Waals surface area contributed by atoms with E-state index in [0.717, 1.165) is 12.1 Å². The van der Waals surface area contributed by atoms with Gasteiger partial charge in [0.05, 0.1) is 30.4 Å². The highest BCUT2D eigenvalue weighted by molar-refractivity contribution is 5.92. The lowest BCUT2D eigenvalue weighted by Gasteiger charge is -2.09. The van der Waals surface area contributed by atoms with E-state index in [4.69, 9.17) is 9.15 Å². The summed E-state index contributed by atoms with van der Waals surface area (Å²) in [5.41, 5.74) is 0.260. The molecule has 146 valence electrons. The zero-order chi connectivity index (χ0) is 20.3. The molecule has 2 aromatic carbocycles. The third-order valence-electron chi connectivity index (χ3n) is 4.03. The summed E-state index contributed by atoms with van der Waals surface area (Å²) in [5.74, 6) is 0.822. The van der Waals surface area contributed by atoms with Crippen LogP contribution >= 0.6 is 0 Å². The Bertz CT molecular complexity index is 996. The molecule has 0 aliphatic rings. The van der Waals surface area contributed by atoms with Crippen molar-refractivity contribution in [2.45, 2.75) is 19.5 Å². The van der Waals surface area contributed by atoms with E-state index in [2.05, 4.69) is 10.3 Å². The van der Waals surface area contributed by atoms with Crippen LogP contribution in [0.25, 0.3) is 11.5 Å². The van der Waals surface area contributed by atoms with Gasteiger partial charge in [0.2, 0.25) is 11.8 Å². The van der Waals surface area contributed by atoms with Crippen molar-refractivity contribution < 1.29 is 27.1 Å². The van der Waals surface area contributed by atoms with Crippen LogP contribution in [-0.2, 0) is 17.4 Å². The molecule has 0 saturated carbocycles. The molecule has 0 aliphatic heterocycles. The monoisotopic (exact) mass is 390 g/mol. The number of alkyl halides is 3. The number of nitrogens with one attached hydrogen (secondary N) is 1. The Kier molecular flexibility index (Phi) is 5.39. The number of anilines is 1. The Morgan fingerprint density at radius 2 is 1.93 bits per heavy atom. The lowest BCUT2D eigenvalue weighted by molar-refractivity contribution is -0.137. The van der Waals surface area contributed by atoms with Crippen molar-refractivity contribution >= 4 is 11.6 Å². The fourth-order valence-electron chi connectivity index (χ4n) is 2.66. The van der Waals surface area contributed by atoms with Crippen LogP contribution in [0.5, 0.6) is 5.75 Å². The highest BCUT2D eigenvalue weighted by atomic mass is 19.4. The second kappa shape index (κ2) is 7.75. The van der Waals surface area contributed by atoms with Crippen LogP contribution in [0.15, 0.2) is 52.9 Å². The van der Waals surface area contributed by atoms with Gasteiger partial charge in [-0.1, -0.05) is 18.2 Å². The maximum Gasteiger partial charge on any atom is 0.416 e. The van der Waals surface area contributed by atoms with Crippen LogP contribution in [0.4, 0.5) is 18.9 Å². The van der Waals surface area contributed by atoms with E-state index in [0.29, 0.717) is 28.7 Å². The van der Waals surface area contributed by atoms with Gasteiger partial charge in [0, 0.05) is 5.69 Å². The third-order valence-corrected chi connectivity index (χ3v) is 4.03. The first-order valence-electron chi connectivity index (χ1n) is 8.34. The van der Waals surface area contributed by atoms with Gasteiger partial charge in [-0.2, -0.15) is 13.2 Å². The molecule has 0 saturated heterocycles. The SMILES string of the molecule is COc1ccccc1-c1nc(CC(=O)Nc2cccc(C(F)(F)F)c2)c(C)o1. The number of para-hydroxylation sites is 1. The molecule has 3 aromatic rings. The van der Waals surface area contributed by atoms with E-state index in [1.54, 1.807) is 25.1 Å². The largest absolute Gasteiger partial charge is 0.496 e. The number of amides is 1. The normalized spacial score (nSPS) is 11.3. The number of carbonyl (C=O) groups excluding carboxylic acids is 1. The number of carbonyl (C=O) groups is 1. The van der Waals surface area contributed by atoms with Gasteiger partial charge in [-0.25, -0.2) is 4.98 Å². The van der Waals surface area contributed by atoms with E-state index in [1.807, 2.05) is 6.07 Å². The lowest BCUT2D eigenvalue weighted by Crippen LogP contribution is -2.16. The van der Waals surface area contributed by atoms with Crippen LogP contribution in [0.2, 0.25) is 0 Å². The molecule has 0 radical (unpaired) electrons. The van der Waals surface area contributed by atoms with Crippen molar-refractivity contribution in [1.82, 2.24) is 4.98 Å². The van der Waals surface area contributed by atoms with Crippen molar-refractivity contribution in [2.24, 2.45) is 0 Å². The zero-order valence-electron chi connectivity index (χ0n) is 15.1.